The maximum absolute atomic E-state index is 12.3. The van der Waals surface area contributed by atoms with Gasteiger partial charge >= 0.3 is 0 Å². The predicted octanol–water partition coefficient (Wildman–Crippen LogP) is 1.43. The van der Waals surface area contributed by atoms with Gasteiger partial charge in [-0.25, -0.2) is 0 Å². The molecule has 1 aliphatic rings. The van der Waals surface area contributed by atoms with Gasteiger partial charge in [-0.3, -0.25) is 14.5 Å². The van der Waals surface area contributed by atoms with Crippen LogP contribution < -0.4 is 5.32 Å². The molecule has 0 radical (unpaired) electrons. The standard InChI is InChI=1S/C18H24N4O4/c1-14-12-15(26-20-14)13-21-7-9-22(10-8-21)17(23)5-2-6-19-18(24)16-4-3-11-25-16/h3-4,11-12H,2,5-10,13H2,1H3,(H,19,24). The van der Waals surface area contributed by atoms with Crippen LogP contribution in [0.15, 0.2) is 33.4 Å². The van der Waals surface area contributed by atoms with Crippen molar-refractivity contribution >= 4 is 11.8 Å². The average molecular weight is 360 g/mol. The Morgan fingerprint density at radius 2 is 2.08 bits per heavy atom. The third kappa shape index (κ3) is 4.95. The first kappa shape index (κ1) is 18.2. The fraction of sp³-hybridized carbons (Fsp3) is 0.500. The molecular weight excluding hydrogens is 336 g/mol. The van der Waals surface area contributed by atoms with Gasteiger partial charge in [-0.05, 0) is 25.5 Å². The molecule has 8 heteroatoms. The van der Waals surface area contributed by atoms with Gasteiger partial charge in [0.25, 0.3) is 5.91 Å². The molecular formula is C18H24N4O4. The maximum atomic E-state index is 12.3. The Balaban J connectivity index is 1.31. The molecule has 1 saturated heterocycles. The van der Waals surface area contributed by atoms with Gasteiger partial charge < -0.3 is 19.2 Å². The SMILES string of the molecule is Cc1cc(CN2CCN(C(=O)CCCNC(=O)c3ccco3)CC2)on1. The van der Waals surface area contributed by atoms with E-state index < -0.39 is 0 Å². The van der Waals surface area contributed by atoms with Crippen molar-refractivity contribution in [2.45, 2.75) is 26.3 Å². The molecule has 0 saturated carbocycles. The summed E-state index contributed by atoms with van der Waals surface area (Å²) in [5.74, 6) is 1.02. The zero-order valence-corrected chi connectivity index (χ0v) is 14.9. The van der Waals surface area contributed by atoms with E-state index in [1.165, 1.54) is 6.26 Å². The van der Waals surface area contributed by atoms with Crippen LogP contribution in [0.5, 0.6) is 0 Å². The van der Waals surface area contributed by atoms with E-state index in [1.54, 1.807) is 12.1 Å². The van der Waals surface area contributed by atoms with E-state index in [-0.39, 0.29) is 17.6 Å². The van der Waals surface area contributed by atoms with Crippen molar-refractivity contribution in [2.24, 2.45) is 0 Å². The Kier molecular flexibility index (Phi) is 6.06. The van der Waals surface area contributed by atoms with E-state index in [9.17, 15) is 9.59 Å². The second kappa shape index (κ2) is 8.66. The molecule has 0 unspecified atom stereocenters. The van der Waals surface area contributed by atoms with E-state index in [0.717, 1.165) is 31.1 Å². The molecule has 26 heavy (non-hydrogen) atoms. The van der Waals surface area contributed by atoms with Crippen molar-refractivity contribution in [3.05, 3.63) is 41.7 Å². The Morgan fingerprint density at radius 3 is 2.73 bits per heavy atom. The number of nitrogens with one attached hydrogen (secondary N) is 1. The van der Waals surface area contributed by atoms with Crippen LogP contribution in [-0.4, -0.2) is 59.5 Å². The highest BCUT2D eigenvalue weighted by Gasteiger charge is 2.21. The summed E-state index contributed by atoms with van der Waals surface area (Å²) in [5.41, 5.74) is 0.882. The quantitative estimate of drug-likeness (QED) is 0.751. The first-order valence-corrected chi connectivity index (χ1v) is 8.86. The van der Waals surface area contributed by atoms with Gasteiger partial charge in [0.2, 0.25) is 5.91 Å². The number of piperazine rings is 1. The monoisotopic (exact) mass is 360 g/mol. The smallest absolute Gasteiger partial charge is 0.286 e. The van der Waals surface area contributed by atoms with Gasteiger partial charge in [-0.2, -0.15) is 0 Å². The lowest BCUT2D eigenvalue weighted by Gasteiger charge is -2.34. The Hall–Kier alpha value is -2.61. The zero-order valence-electron chi connectivity index (χ0n) is 14.9. The fourth-order valence-electron chi connectivity index (χ4n) is 2.96. The number of rotatable bonds is 7. The molecule has 2 aromatic rings. The van der Waals surface area contributed by atoms with Crippen LogP contribution in [0.1, 0.15) is 34.9 Å². The highest BCUT2D eigenvalue weighted by molar-refractivity contribution is 5.91. The van der Waals surface area contributed by atoms with Gasteiger partial charge in [-0.15, -0.1) is 0 Å². The van der Waals surface area contributed by atoms with Crippen molar-refractivity contribution in [3.63, 3.8) is 0 Å². The van der Waals surface area contributed by atoms with Crippen molar-refractivity contribution in [1.82, 2.24) is 20.3 Å². The predicted molar refractivity (Wildman–Crippen MR) is 93.4 cm³/mol. The lowest BCUT2D eigenvalue weighted by molar-refractivity contribution is -0.133. The number of carbonyl (C=O) groups excluding carboxylic acids is 2. The van der Waals surface area contributed by atoms with Crippen LogP contribution >= 0.6 is 0 Å². The number of hydrogen-bond acceptors (Lipinski definition) is 6. The second-order valence-electron chi connectivity index (χ2n) is 6.43. The summed E-state index contributed by atoms with van der Waals surface area (Å²) in [6.07, 6.45) is 2.50. The normalized spacial score (nSPS) is 15.2. The molecule has 2 amide bonds. The van der Waals surface area contributed by atoms with Gasteiger partial charge in [0.1, 0.15) is 0 Å². The highest BCUT2D eigenvalue weighted by atomic mass is 16.5. The molecule has 1 fully saturated rings. The van der Waals surface area contributed by atoms with E-state index in [4.69, 9.17) is 8.94 Å². The van der Waals surface area contributed by atoms with Crippen LogP contribution in [0.4, 0.5) is 0 Å². The van der Waals surface area contributed by atoms with Gasteiger partial charge in [-0.1, -0.05) is 5.16 Å². The lowest BCUT2D eigenvalue weighted by Crippen LogP contribution is -2.48. The molecule has 0 spiro atoms. The number of aryl methyl sites for hydroxylation is 1. The number of furan rings is 1. The van der Waals surface area contributed by atoms with E-state index >= 15 is 0 Å². The molecule has 0 bridgehead atoms. The van der Waals surface area contributed by atoms with Crippen molar-refractivity contribution in [3.8, 4) is 0 Å². The molecule has 0 aromatic carbocycles. The lowest BCUT2D eigenvalue weighted by atomic mass is 10.2. The second-order valence-corrected chi connectivity index (χ2v) is 6.43. The molecule has 0 atom stereocenters. The number of carbonyl (C=O) groups is 2. The number of nitrogens with zero attached hydrogens (tertiary/aromatic N) is 3. The minimum absolute atomic E-state index is 0.132. The molecule has 8 nitrogen and oxygen atoms in total. The molecule has 0 aliphatic carbocycles. The summed E-state index contributed by atoms with van der Waals surface area (Å²) < 4.78 is 10.3. The van der Waals surface area contributed by atoms with E-state index in [2.05, 4.69) is 15.4 Å². The summed E-state index contributed by atoms with van der Waals surface area (Å²) >= 11 is 0. The molecule has 140 valence electrons. The summed E-state index contributed by atoms with van der Waals surface area (Å²) in [4.78, 5) is 28.2. The molecule has 3 heterocycles. The molecule has 1 N–H and O–H groups in total. The molecule has 1 aliphatic heterocycles. The minimum Gasteiger partial charge on any atom is -0.459 e. The van der Waals surface area contributed by atoms with Gasteiger partial charge in [0, 0.05) is 45.2 Å². The molecule has 3 rings (SSSR count). The Labute approximate surface area is 152 Å². The van der Waals surface area contributed by atoms with Crippen LogP contribution in [0.3, 0.4) is 0 Å². The van der Waals surface area contributed by atoms with Crippen LogP contribution in [0, 0.1) is 6.92 Å². The first-order chi connectivity index (χ1) is 12.6. The Morgan fingerprint density at radius 1 is 1.27 bits per heavy atom. The van der Waals surface area contributed by atoms with Crippen LogP contribution in [-0.2, 0) is 11.3 Å². The molecule has 2 aromatic heterocycles. The number of amides is 2. The summed E-state index contributed by atoms with van der Waals surface area (Å²) in [6, 6.07) is 5.22. The van der Waals surface area contributed by atoms with E-state index in [0.29, 0.717) is 32.5 Å². The average Bonchev–Trinajstić information content (AvgIpc) is 3.31. The summed E-state index contributed by atoms with van der Waals surface area (Å²) in [7, 11) is 0. The first-order valence-electron chi connectivity index (χ1n) is 8.86. The van der Waals surface area contributed by atoms with Crippen LogP contribution in [0.2, 0.25) is 0 Å². The van der Waals surface area contributed by atoms with Crippen molar-refractivity contribution < 1.29 is 18.5 Å². The maximum Gasteiger partial charge on any atom is 0.286 e. The van der Waals surface area contributed by atoms with Crippen molar-refractivity contribution in [1.29, 1.82) is 0 Å². The third-order valence-corrected chi connectivity index (χ3v) is 4.38. The summed E-state index contributed by atoms with van der Waals surface area (Å²) in [6.45, 7) is 6.15. The largest absolute Gasteiger partial charge is 0.459 e. The minimum atomic E-state index is -0.251. The number of aromatic nitrogens is 1. The zero-order chi connectivity index (χ0) is 18.4. The fourth-order valence-corrected chi connectivity index (χ4v) is 2.96. The van der Waals surface area contributed by atoms with Crippen LogP contribution in [0.25, 0.3) is 0 Å². The number of hydrogen-bond donors (Lipinski definition) is 1. The van der Waals surface area contributed by atoms with Crippen molar-refractivity contribution in [2.75, 3.05) is 32.7 Å². The summed E-state index contributed by atoms with van der Waals surface area (Å²) in [5, 5.41) is 6.65. The van der Waals surface area contributed by atoms with Gasteiger partial charge in [0.05, 0.1) is 18.5 Å². The highest BCUT2D eigenvalue weighted by Crippen LogP contribution is 2.11. The Bertz CT molecular complexity index is 717. The topological polar surface area (TPSA) is 91.8 Å². The third-order valence-electron chi connectivity index (χ3n) is 4.38. The van der Waals surface area contributed by atoms with E-state index in [1.807, 2.05) is 17.9 Å². The van der Waals surface area contributed by atoms with Gasteiger partial charge in [0.15, 0.2) is 11.5 Å².